The second-order valence-corrected chi connectivity index (χ2v) is 23.6. The fourth-order valence-corrected chi connectivity index (χ4v) is 13.9. The van der Waals surface area contributed by atoms with Gasteiger partial charge in [-0.25, -0.2) is 0 Å². The van der Waals surface area contributed by atoms with Crippen LogP contribution in [0.4, 0.5) is 34.1 Å². The molecule has 0 saturated carbocycles. The van der Waals surface area contributed by atoms with E-state index in [1.807, 2.05) is 0 Å². The Morgan fingerprint density at radius 3 is 1.09 bits per heavy atom. The molecule has 432 valence electrons. The van der Waals surface area contributed by atoms with Crippen molar-refractivity contribution in [3.05, 3.63) is 364 Å². The van der Waals surface area contributed by atoms with Crippen LogP contribution in [0.3, 0.4) is 0 Å². The van der Waals surface area contributed by atoms with Crippen LogP contribution < -0.4 is 9.80 Å². The highest BCUT2D eigenvalue weighted by Crippen LogP contribution is 2.46. The van der Waals surface area contributed by atoms with E-state index in [-0.39, 0.29) is 0 Å². The predicted molar refractivity (Wildman–Crippen MR) is 392 cm³/mol. The van der Waals surface area contributed by atoms with Crippen molar-refractivity contribution in [2.24, 2.45) is 0 Å². The Morgan fingerprint density at radius 1 is 0.185 bits per heavy atom. The van der Waals surface area contributed by atoms with Crippen molar-refractivity contribution >= 4 is 121 Å². The summed E-state index contributed by atoms with van der Waals surface area (Å²) in [7, 11) is 0. The van der Waals surface area contributed by atoms with E-state index in [1.54, 1.807) is 0 Å². The summed E-state index contributed by atoms with van der Waals surface area (Å²) in [6, 6.07) is 131. The maximum atomic E-state index is 2.46. The first-order valence-corrected chi connectivity index (χ1v) is 31.6. The molecular weight excluding hydrogens is 1110 g/mol. The van der Waals surface area contributed by atoms with Crippen LogP contribution in [0.2, 0.25) is 0 Å². The number of anilines is 6. The van der Waals surface area contributed by atoms with E-state index in [1.165, 1.54) is 109 Å². The van der Waals surface area contributed by atoms with Crippen LogP contribution in [0.5, 0.6) is 0 Å². The predicted octanol–water partition coefficient (Wildman–Crippen LogP) is 24.5. The molecule has 0 fully saturated rings. The number of nitrogens with zero attached hydrogens (tertiary/aromatic N) is 4. The number of benzene rings is 16. The first-order chi connectivity index (χ1) is 45.6. The van der Waals surface area contributed by atoms with Gasteiger partial charge >= 0.3 is 0 Å². The normalized spacial score (nSPS) is 11.5. The Hall–Kier alpha value is -12.2. The van der Waals surface area contributed by atoms with Crippen molar-refractivity contribution in [3.63, 3.8) is 0 Å². The van der Waals surface area contributed by atoms with Gasteiger partial charge in [0, 0.05) is 72.1 Å². The van der Waals surface area contributed by atoms with E-state index in [0.29, 0.717) is 0 Å². The van der Waals surface area contributed by atoms with E-state index in [2.05, 4.69) is 383 Å². The SMILES string of the molecule is c1ccc(N(c2ccc(-c3ccc4ccccc4c3)cc2)c2ccc3c4ccc5ccccc5c4n(-c4ccccc4)c3c2)cc1.c1ccc(N(c2ccc(-c3ccc4ccccc4c3)cc2)c2cccc3c4ccc5ccccc5c4n(-c4ccccc4)c23)cc1. The van der Waals surface area contributed by atoms with Gasteiger partial charge in [-0.2, -0.15) is 0 Å². The van der Waals surface area contributed by atoms with Gasteiger partial charge in [0.1, 0.15) is 0 Å². The van der Waals surface area contributed by atoms with E-state index in [4.69, 9.17) is 0 Å². The lowest BCUT2D eigenvalue weighted by molar-refractivity contribution is 1.17. The molecule has 0 aliphatic carbocycles. The molecule has 2 aromatic heterocycles. The zero-order chi connectivity index (χ0) is 60.9. The first kappa shape index (κ1) is 54.0. The van der Waals surface area contributed by atoms with Crippen molar-refractivity contribution in [1.82, 2.24) is 9.13 Å². The van der Waals surface area contributed by atoms with Gasteiger partial charge in [-0.1, -0.05) is 261 Å². The number of hydrogen-bond acceptors (Lipinski definition) is 2. The molecule has 18 rings (SSSR count). The molecule has 0 N–H and O–H groups in total. The Bertz CT molecular complexity index is 5740. The Balaban J connectivity index is 0.000000141. The zero-order valence-corrected chi connectivity index (χ0v) is 50.4. The smallest absolute Gasteiger partial charge is 0.0782 e. The van der Waals surface area contributed by atoms with Crippen LogP contribution in [-0.2, 0) is 0 Å². The number of rotatable bonds is 10. The summed E-state index contributed by atoms with van der Waals surface area (Å²) in [5.74, 6) is 0. The summed E-state index contributed by atoms with van der Waals surface area (Å²) in [4.78, 5) is 4.75. The van der Waals surface area contributed by atoms with Crippen LogP contribution >= 0.6 is 0 Å². The molecule has 0 atom stereocenters. The first-order valence-electron chi connectivity index (χ1n) is 31.6. The lowest BCUT2D eigenvalue weighted by atomic mass is 10.0. The average molecular weight is 1170 g/mol. The number of para-hydroxylation sites is 5. The van der Waals surface area contributed by atoms with Gasteiger partial charge in [0.2, 0.25) is 0 Å². The van der Waals surface area contributed by atoms with Crippen LogP contribution in [-0.4, -0.2) is 9.13 Å². The van der Waals surface area contributed by atoms with Gasteiger partial charge in [0.25, 0.3) is 0 Å². The van der Waals surface area contributed by atoms with Crippen LogP contribution in [0.15, 0.2) is 364 Å². The third-order valence-electron chi connectivity index (χ3n) is 18.3. The summed E-state index contributed by atoms with van der Waals surface area (Å²) < 4.78 is 4.89. The molecule has 0 aliphatic heterocycles. The lowest BCUT2D eigenvalue weighted by Crippen LogP contribution is -2.11. The van der Waals surface area contributed by atoms with Crippen LogP contribution in [0.1, 0.15) is 0 Å². The molecule has 18 aromatic rings. The van der Waals surface area contributed by atoms with Crippen molar-refractivity contribution in [1.29, 1.82) is 0 Å². The van der Waals surface area contributed by atoms with E-state index >= 15 is 0 Å². The van der Waals surface area contributed by atoms with Crippen molar-refractivity contribution < 1.29 is 0 Å². The fourth-order valence-electron chi connectivity index (χ4n) is 13.9. The van der Waals surface area contributed by atoms with Gasteiger partial charge in [-0.3, -0.25) is 0 Å². The third-order valence-corrected chi connectivity index (χ3v) is 18.3. The van der Waals surface area contributed by atoms with Gasteiger partial charge < -0.3 is 18.9 Å². The number of fused-ring (bicyclic) bond motifs is 12. The molecule has 92 heavy (non-hydrogen) atoms. The third kappa shape index (κ3) is 9.57. The molecular formula is C88H60N4. The quantitative estimate of drug-likeness (QED) is 0.136. The van der Waals surface area contributed by atoms with Gasteiger partial charge in [0.15, 0.2) is 0 Å². The molecule has 0 bridgehead atoms. The highest BCUT2D eigenvalue weighted by molar-refractivity contribution is 6.22. The molecule has 4 nitrogen and oxygen atoms in total. The standard InChI is InChI=1S/2C44H30N2/c1-3-15-36(16-4-1)45(38-27-24-32(25-28-38)35-23-22-31-12-7-8-14-34(31)30-35)42-21-11-20-40-41-29-26-33-13-9-10-19-39(33)43(41)46(44(40)42)37-17-5-2-6-18-37;1-3-14-36(15-4-1)45(38-24-21-32(22-25-38)35-20-19-31-11-7-8-13-34(31)29-35)39-26-28-41-42-27-23-33-12-9-10-18-40(33)44(42)46(43(41)30-39)37-16-5-2-6-17-37/h2*1-30H. The molecule has 0 aliphatic rings. The monoisotopic (exact) mass is 1170 g/mol. The highest BCUT2D eigenvalue weighted by atomic mass is 15.2. The van der Waals surface area contributed by atoms with Crippen molar-refractivity contribution in [2.45, 2.75) is 0 Å². The molecule has 4 heteroatoms. The molecule has 16 aromatic carbocycles. The molecule has 0 amide bonds. The van der Waals surface area contributed by atoms with Crippen LogP contribution in [0, 0.1) is 0 Å². The average Bonchev–Trinajstić information content (AvgIpc) is 1.58. The second kappa shape index (κ2) is 23.0. The highest BCUT2D eigenvalue weighted by Gasteiger charge is 2.24. The zero-order valence-electron chi connectivity index (χ0n) is 50.4. The number of aromatic nitrogens is 2. The summed E-state index contributed by atoms with van der Waals surface area (Å²) in [6.07, 6.45) is 0. The summed E-state index contributed by atoms with van der Waals surface area (Å²) >= 11 is 0. The summed E-state index contributed by atoms with van der Waals surface area (Å²) in [6.45, 7) is 0. The number of hydrogen-bond donors (Lipinski definition) is 0. The van der Waals surface area contributed by atoms with Gasteiger partial charge in [-0.05, 0) is 158 Å². The Labute approximate surface area is 534 Å². The van der Waals surface area contributed by atoms with Gasteiger partial charge in [-0.15, -0.1) is 0 Å². The minimum absolute atomic E-state index is 1.11. The molecule has 0 saturated heterocycles. The Morgan fingerprint density at radius 2 is 0.543 bits per heavy atom. The minimum atomic E-state index is 1.11. The maximum Gasteiger partial charge on any atom is 0.0782 e. The molecule has 0 radical (unpaired) electrons. The lowest BCUT2D eigenvalue weighted by Gasteiger charge is -2.27. The van der Waals surface area contributed by atoms with Gasteiger partial charge in [0.05, 0.1) is 27.8 Å². The molecule has 0 spiro atoms. The summed E-state index contributed by atoms with van der Waals surface area (Å²) in [5.41, 5.74) is 18.7. The van der Waals surface area contributed by atoms with E-state index < -0.39 is 0 Å². The Kier molecular flexibility index (Phi) is 13.5. The fraction of sp³-hybridized carbons (Fsp3) is 0. The molecule has 2 heterocycles. The largest absolute Gasteiger partial charge is 0.310 e. The van der Waals surface area contributed by atoms with Crippen LogP contribution in [0.25, 0.3) is 120 Å². The van der Waals surface area contributed by atoms with Crippen molar-refractivity contribution in [3.8, 4) is 33.6 Å². The van der Waals surface area contributed by atoms with E-state index in [0.717, 1.165) is 45.5 Å². The topological polar surface area (TPSA) is 16.3 Å². The maximum absolute atomic E-state index is 2.46. The second-order valence-electron chi connectivity index (χ2n) is 23.6. The summed E-state index contributed by atoms with van der Waals surface area (Å²) in [5, 5.41) is 15.0. The van der Waals surface area contributed by atoms with Crippen molar-refractivity contribution in [2.75, 3.05) is 9.80 Å². The molecule has 0 unspecified atom stereocenters. The van der Waals surface area contributed by atoms with E-state index in [9.17, 15) is 0 Å². The minimum Gasteiger partial charge on any atom is -0.310 e.